The van der Waals surface area contributed by atoms with Crippen LogP contribution in [0.15, 0.2) is 24.3 Å². The van der Waals surface area contributed by atoms with Gasteiger partial charge in [-0.2, -0.15) is 13.2 Å². The van der Waals surface area contributed by atoms with Crippen LogP contribution >= 0.6 is 0 Å². The van der Waals surface area contributed by atoms with Gasteiger partial charge < -0.3 is 15.3 Å². The van der Waals surface area contributed by atoms with Crippen LogP contribution in [0.4, 0.5) is 13.2 Å². The summed E-state index contributed by atoms with van der Waals surface area (Å²) in [6.07, 6.45) is -3.57. The van der Waals surface area contributed by atoms with E-state index in [1.807, 2.05) is 0 Å². The summed E-state index contributed by atoms with van der Waals surface area (Å²) in [7, 11) is 0. The average molecular weight is 344 g/mol. The van der Waals surface area contributed by atoms with E-state index in [0.29, 0.717) is 19.4 Å². The lowest BCUT2D eigenvalue weighted by molar-refractivity contribution is -0.147. The van der Waals surface area contributed by atoms with Gasteiger partial charge in [-0.05, 0) is 37.1 Å². The molecule has 0 radical (unpaired) electrons. The van der Waals surface area contributed by atoms with Crippen LogP contribution in [0.2, 0.25) is 0 Å². The highest BCUT2D eigenvalue weighted by atomic mass is 19.4. The molecule has 0 spiro atoms. The zero-order valence-corrected chi connectivity index (χ0v) is 12.5. The van der Waals surface area contributed by atoms with Gasteiger partial charge >= 0.3 is 12.1 Å². The molecule has 0 bridgehead atoms. The number of carboxylic acids is 1. The predicted molar refractivity (Wildman–Crippen MR) is 76.1 cm³/mol. The average Bonchev–Trinajstić information content (AvgIpc) is 3.01. The molecule has 1 unspecified atom stereocenters. The predicted octanol–water partition coefficient (Wildman–Crippen LogP) is 1.51. The Balaban J connectivity index is 1.93. The summed E-state index contributed by atoms with van der Waals surface area (Å²) in [6.45, 7) is -0.115. The fraction of sp³-hybridized carbons (Fsp3) is 0.400. The number of carbonyl (C=O) groups is 3. The van der Waals surface area contributed by atoms with Gasteiger partial charge in [0.2, 0.25) is 5.91 Å². The van der Waals surface area contributed by atoms with Crippen molar-refractivity contribution in [3.63, 3.8) is 0 Å². The van der Waals surface area contributed by atoms with Crippen LogP contribution in [-0.2, 0) is 15.8 Å². The summed E-state index contributed by atoms with van der Waals surface area (Å²) in [5.41, 5.74) is -0.900. The zero-order chi connectivity index (χ0) is 17.9. The molecule has 1 aliphatic rings. The molecule has 1 heterocycles. The Kier molecular flexibility index (Phi) is 5.10. The zero-order valence-electron chi connectivity index (χ0n) is 12.5. The maximum absolute atomic E-state index is 12.5. The van der Waals surface area contributed by atoms with Gasteiger partial charge in [-0.15, -0.1) is 0 Å². The first-order chi connectivity index (χ1) is 11.2. The van der Waals surface area contributed by atoms with Crippen LogP contribution in [0.3, 0.4) is 0 Å². The number of benzene rings is 1. The summed E-state index contributed by atoms with van der Waals surface area (Å²) < 4.78 is 37.4. The van der Waals surface area contributed by atoms with Gasteiger partial charge in [0.1, 0.15) is 6.04 Å². The van der Waals surface area contributed by atoms with Gasteiger partial charge in [0, 0.05) is 12.1 Å². The van der Waals surface area contributed by atoms with Crippen LogP contribution in [0, 0.1) is 0 Å². The van der Waals surface area contributed by atoms with E-state index in [1.165, 1.54) is 4.90 Å². The second-order valence-electron chi connectivity index (χ2n) is 5.34. The molecule has 0 saturated carbocycles. The number of carboxylic acid groups (broad SMARTS) is 1. The molecule has 1 aliphatic heterocycles. The Morgan fingerprint density at radius 3 is 2.38 bits per heavy atom. The van der Waals surface area contributed by atoms with E-state index >= 15 is 0 Å². The first kappa shape index (κ1) is 17.8. The number of hydrogen-bond donors (Lipinski definition) is 2. The molecule has 0 aromatic heterocycles. The summed E-state index contributed by atoms with van der Waals surface area (Å²) in [6, 6.07) is 2.67. The van der Waals surface area contributed by atoms with Crippen molar-refractivity contribution in [3.8, 4) is 0 Å². The minimum Gasteiger partial charge on any atom is -0.480 e. The standard InChI is InChI=1S/C15H15F3N2O4/c16-15(17,18)10-5-3-9(4-6-10)13(22)19-8-12(21)20-7-1-2-11(20)14(23)24/h3-6,11H,1-2,7-8H2,(H,19,22)(H,23,24). The van der Waals surface area contributed by atoms with Gasteiger partial charge in [-0.3, -0.25) is 9.59 Å². The molecule has 24 heavy (non-hydrogen) atoms. The number of alkyl halides is 3. The van der Waals surface area contributed by atoms with Crippen molar-refractivity contribution in [2.75, 3.05) is 13.1 Å². The van der Waals surface area contributed by atoms with Gasteiger partial charge in [0.15, 0.2) is 0 Å². The Morgan fingerprint density at radius 2 is 1.83 bits per heavy atom. The second-order valence-corrected chi connectivity index (χ2v) is 5.34. The largest absolute Gasteiger partial charge is 0.480 e. The summed E-state index contributed by atoms with van der Waals surface area (Å²) in [4.78, 5) is 36.0. The van der Waals surface area contributed by atoms with Crippen molar-refractivity contribution in [2.24, 2.45) is 0 Å². The fourth-order valence-corrected chi connectivity index (χ4v) is 2.49. The first-order valence-electron chi connectivity index (χ1n) is 7.18. The van der Waals surface area contributed by atoms with Crippen LogP contribution < -0.4 is 5.32 Å². The maximum Gasteiger partial charge on any atom is 0.416 e. The molecule has 130 valence electrons. The van der Waals surface area contributed by atoms with E-state index in [2.05, 4.69) is 5.32 Å². The van der Waals surface area contributed by atoms with E-state index < -0.39 is 42.1 Å². The summed E-state index contributed by atoms with van der Waals surface area (Å²) in [5, 5.41) is 11.3. The van der Waals surface area contributed by atoms with Crippen molar-refractivity contribution in [3.05, 3.63) is 35.4 Å². The minimum absolute atomic E-state index is 0.0213. The Bertz CT molecular complexity index is 643. The van der Waals surface area contributed by atoms with Crippen LogP contribution in [-0.4, -0.2) is 46.9 Å². The molecule has 6 nitrogen and oxygen atoms in total. The van der Waals surface area contributed by atoms with Gasteiger partial charge in [0.05, 0.1) is 12.1 Å². The number of hydrogen-bond acceptors (Lipinski definition) is 3. The van der Waals surface area contributed by atoms with Crippen molar-refractivity contribution in [1.82, 2.24) is 10.2 Å². The first-order valence-corrected chi connectivity index (χ1v) is 7.18. The normalized spacial score (nSPS) is 17.6. The molecule has 1 aromatic rings. The fourth-order valence-electron chi connectivity index (χ4n) is 2.49. The number of aliphatic carboxylic acids is 1. The van der Waals surface area contributed by atoms with Gasteiger partial charge in [-0.1, -0.05) is 0 Å². The highest BCUT2D eigenvalue weighted by Gasteiger charge is 2.34. The van der Waals surface area contributed by atoms with E-state index in [4.69, 9.17) is 5.11 Å². The number of likely N-dealkylation sites (tertiary alicyclic amines) is 1. The van der Waals surface area contributed by atoms with Crippen molar-refractivity contribution in [1.29, 1.82) is 0 Å². The molecular formula is C15H15F3N2O4. The van der Waals surface area contributed by atoms with Crippen LogP contribution in [0.1, 0.15) is 28.8 Å². The minimum atomic E-state index is -4.49. The number of carbonyl (C=O) groups excluding carboxylic acids is 2. The monoisotopic (exact) mass is 344 g/mol. The molecule has 9 heteroatoms. The van der Waals surface area contributed by atoms with E-state index in [-0.39, 0.29) is 5.56 Å². The van der Waals surface area contributed by atoms with Gasteiger partial charge in [-0.25, -0.2) is 4.79 Å². The Labute approximate surface area is 135 Å². The third-order valence-electron chi connectivity index (χ3n) is 3.73. The Morgan fingerprint density at radius 1 is 1.21 bits per heavy atom. The molecule has 2 rings (SSSR count). The highest BCUT2D eigenvalue weighted by molar-refractivity contribution is 5.97. The number of halogens is 3. The molecule has 1 atom stereocenters. The molecule has 2 amide bonds. The lowest BCUT2D eigenvalue weighted by atomic mass is 10.1. The number of rotatable bonds is 4. The number of nitrogens with zero attached hydrogens (tertiary/aromatic N) is 1. The molecule has 0 aliphatic carbocycles. The van der Waals surface area contributed by atoms with E-state index in [0.717, 1.165) is 24.3 Å². The maximum atomic E-state index is 12.5. The van der Waals surface area contributed by atoms with Crippen molar-refractivity contribution in [2.45, 2.75) is 25.1 Å². The highest BCUT2D eigenvalue weighted by Crippen LogP contribution is 2.29. The van der Waals surface area contributed by atoms with Crippen LogP contribution in [0.5, 0.6) is 0 Å². The SMILES string of the molecule is O=C(NCC(=O)N1CCCC1C(=O)O)c1ccc(C(F)(F)F)cc1. The van der Waals surface area contributed by atoms with Crippen LogP contribution in [0.25, 0.3) is 0 Å². The molecule has 2 N–H and O–H groups in total. The van der Waals surface area contributed by atoms with Crippen molar-refractivity contribution < 1.29 is 32.7 Å². The Hall–Kier alpha value is -2.58. The third-order valence-corrected chi connectivity index (χ3v) is 3.73. The number of amides is 2. The quantitative estimate of drug-likeness (QED) is 0.867. The number of nitrogens with one attached hydrogen (secondary N) is 1. The smallest absolute Gasteiger partial charge is 0.416 e. The summed E-state index contributed by atoms with van der Waals surface area (Å²) >= 11 is 0. The molecule has 1 aromatic carbocycles. The lowest BCUT2D eigenvalue weighted by Gasteiger charge is -2.21. The third kappa shape index (κ3) is 4.03. The van der Waals surface area contributed by atoms with Gasteiger partial charge in [0.25, 0.3) is 5.91 Å². The molecule has 1 fully saturated rings. The topological polar surface area (TPSA) is 86.7 Å². The van der Waals surface area contributed by atoms with E-state index in [1.54, 1.807) is 0 Å². The lowest BCUT2D eigenvalue weighted by Crippen LogP contribution is -2.45. The second kappa shape index (κ2) is 6.90. The van der Waals surface area contributed by atoms with E-state index in [9.17, 15) is 27.6 Å². The van der Waals surface area contributed by atoms with Crippen molar-refractivity contribution >= 4 is 17.8 Å². The molecular weight excluding hydrogens is 329 g/mol. The summed E-state index contributed by atoms with van der Waals surface area (Å²) in [5.74, 6) is -2.35. The molecule has 1 saturated heterocycles.